The summed E-state index contributed by atoms with van der Waals surface area (Å²) in [6.07, 6.45) is 0.664. The molecule has 3 N–H and O–H groups in total. The largest absolute Gasteiger partial charge is 0.340 e. The van der Waals surface area contributed by atoms with E-state index in [1.165, 1.54) is 12.1 Å². The Hall–Kier alpha value is -1.77. The van der Waals surface area contributed by atoms with Crippen molar-refractivity contribution < 1.29 is 12.9 Å². The van der Waals surface area contributed by atoms with E-state index in [9.17, 15) is 8.42 Å². The van der Waals surface area contributed by atoms with Crippen LogP contribution in [0.25, 0.3) is 0 Å². The van der Waals surface area contributed by atoms with Crippen molar-refractivity contribution in [1.29, 1.82) is 0 Å². The zero-order chi connectivity index (χ0) is 15.5. The number of hydrogen-bond acceptors (Lipinski definition) is 6. The third-order valence-electron chi connectivity index (χ3n) is 3.08. The van der Waals surface area contributed by atoms with Gasteiger partial charge in [-0.15, -0.1) is 0 Å². The van der Waals surface area contributed by atoms with E-state index < -0.39 is 10.0 Å². The molecule has 1 atom stereocenters. The van der Waals surface area contributed by atoms with Crippen molar-refractivity contribution >= 4 is 10.0 Å². The van der Waals surface area contributed by atoms with E-state index in [-0.39, 0.29) is 10.9 Å². The number of benzene rings is 1. The van der Waals surface area contributed by atoms with E-state index in [4.69, 9.17) is 9.66 Å². The molecule has 0 bridgehead atoms. The van der Waals surface area contributed by atoms with Gasteiger partial charge in [-0.3, -0.25) is 0 Å². The first kappa shape index (κ1) is 15.6. The van der Waals surface area contributed by atoms with Crippen LogP contribution in [0, 0.1) is 6.92 Å². The number of nitrogens with one attached hydrogen (secondary N) is 1. The van der Waals surface area contributed by atoms with Crippen molar-refractivity contribution in [2.75, 3.05) is 6.54 Å². The number of rotatable bonds is 6. The highest BCUT2D eigenvalue weighted by molar-refractivity contribution is 7.89. The van der Waals surface area contributed by atoms with Gasteiger partial charge in [-0.05, 0) is 24.6 Å². The summed E-state index contributed by atoms with van der Waals surface area (Å²) in [6, 6.07) is 6.58. The van der Waals surface area contributed by atoms with E-state index in [1.54, 1.807) is 19.1 Å². The van der Waals surface area contributed by atoms with Gasteiger partial charge >= 0.3 is 0 Å². The number of sulfonamides is 1. The number of primary sulfonamides is 1. The number of nitrogens with two attached hydrogens (primary N) is 1. The Labute approximate surface area is 123 Å². The summed E-state index contributed by atoms with van der Waals surface area (Å²) in [5.74, 6) is 1.22. The molecule has 7 nitrogen and oxygen atoms in total. The molecular formula is C13H18N4O3S. The fraction of sp³-hybridized carbons (Fsp3) is 0.385. The van der Waals surface area contributed by atoms with Gasteiger partial charge in [-0.2, -0.15) is 4.98 Å². The molecule has 2 rings (SSSR count). The summed E-state index contributed by atoms with van der Waals surface area (Å²) < 4.78 is 27.3. The normalized spacial score (nSPS) is 13.3. The van der Waals surface area contributed by atoms with Crippen LogP contribution in [0.2, 0.25) is 0 Å². The summed E-state index contributed by atoms with van der Waals surface area (Å²) in [4.78, 5) is 4.23. The Morgan fingerprint density at radius 2 is 2.00 bits per heavy atom. The minimum atomic E-state index is -3.64. The monoisotopic (exact) mass is 310 g/mol. The van der Waals surface area contributed by atoms with Crippen molar-refractivity contribution in [2.45, 2.75) is 31.2 Å². The average molecular weight is 310 g/mol. The maximum Gasteiger partial charge on any atom is 0.238 e. The summed E-state index contributed by atoms with van der Waals surface area (Å²) in [6.45, 7) is 4.43. The van der Waals surface area contributed by atoms with Crippen LogP contribution in [0.4, 0.5) is 0 Å². The Morgan fingerprint density at radius 1 is 1.33 bits per heavy atom. The van der Waals surface area contributed by atoms with Gasteiger partial charge in [0.25, 0.3) is 0 Å². The molecule has 1 aromatic carbocycles. The lowest BCUT2D eigenvalue weighted by molar-refractivity contribution is 0.386. The first-order valence-corrected chi connectivity index (χ1v) is 8.06. The predicted molar refractivity (Wildman–Crippen MR) is 77.0 cm³/mol. The third-order valence-corrected chi connectivity index (χ3v) is 4.01. The topological polar surface area (TPSA) is 111 Å². The summed E-state index contributed by atoms with van der Waals surface area (Å²) in [5.41, 5.74) is 0.978. The average Bonchev–Trinajstić information content (AvgIpc) is 2.83. The molecular weight excluding hydrogens is 292 g/mol. The molecule has 21 heavy (non-hydrogen) atoms. The molecule has 1 unspecified atom stereocenters. The Balaban J connectivity index is 1.89. The minimum Gasteiger partial charge on any atom is -0.340 e. The molecule has 0 spiro atoms. The standard InChI is InChI=1S/C13H18N4O3S/c1-9(15-8-7-13-16-10(2)20-17-13)11-3-5-12(6-4-11)21(14,18)19/h3-6,9,15H,7-8H2,1-2H3,(H2,14,18,19). The molecule has 0 fully saturated rings. The lowest BCUT2D eigenvalue weighted by Gasteiger charge is -2.13. The molecule has 1 aromatic heterocycles. The highest BCUT2D eigenvalue weighted by Crippen LogP contribution is 2.15. The van der Waals surface area contributed by atoms with E-state index >= 15 is 0 Å². The van der Waals surface area contributed by atoms with Crippen molar-refractivity contribution in [3.63, 3.8) is 0 Å². The minimum absolute atomic E-state index is 0.0764. The van der Waals surface area contributed by atoms with E-state index in [2.05, 4.69) is 15.5 Å². The first-order chi connectivity index (χ1) is 9.86. The Bertz CT molecular complexity index is 694. The summed E-state index contributed by atoms with van der Waals surface area (Å²) in [5, 5.41) is 12.2. The molecule has 0 saturated heterocycles. The van der Waals surface area contributed by atoms with Crippen molar-refractivity contribution in [1.82, 2.24) is 15.5 Å². The van der Waals surface area contributed by atoms with Gasteiger partial charge in [0.1, 0.15) is 0 Å². The van der Waals surface area contributed by atoms with Crippen LogP contribution in [0.1, 0.15) is 30.2 Å². The first-order valence-electron chi connectivity index (χ1n) is 6.51. The molecule has 0 radical (unpaired) electrons. The van der Waals surface area contributed by atoms with Crippen LogP contribution in [0.15, 0.2) is 33.7 Å². The molecule has 8 heteroatoms. The summed E-state index contributed by atoms with van der Waals surface area (Å²) >= 11 is 0. The second kappa shape index (κ2) is 6.33. The van der Waals surface area contributed by atoms with Crippen LogP contribution in [-0.4, -0.2) is 25.1 Å². The highest BCUT2D eigenvalue weighted by atomic mass is 32.2. The second-order valence-corrected chi connectivity index (χ2v) is 6.33. The number of hydrogen-bond donors (Lipinski definition) is 2. The third kappa shape index (κ3) is 4.35. The zero-order valence-electron chi connectivity index (χ0n) is 11.9. The van der Waals surface area contributed by atoms with Crippen LogP contribution >= 0.6 is 0 Å². The van der Waals surface area contributed by atoms with Crippen LogP contribution in [-0.2, 0) is 16.4 Å². The molecule has 1 heterocycles. The van der Waals surface area contributed by atoms with Gasteiger partial charge < -0.3 is 9.84 Å². The van der Waals surface area contributed by atoms with Gasteiger partial charge in [0.2, 0.25) is 15.9 Å². The maximum atomic E-state index is 11.2. The molecule has 114 valence electrons. The molecule has 0 amide bonds. The number of nitrogens with zero attached hydrogens (tertiary/aromatic N) is 2. The Morgan fingerprint density at radius 3 is 2.52 bits per heavy atom. The van der Waals surface area contributed by atoms with Crippen molar-refractivity contribution in [2.24, 2.45) is 5.14 Å². The zero-order valence-corrected chi connectivity index (χ0v) is 12.7. The van der Waals surface area contributed by atoms with Crippen molar-refractivity contribution in [3.8, 4) is 0 Å². The van der Waals surface area contributed by atoms with Crippen LogP contribution < -0.4 is 10.5 Å². The lowest BCUT2D eigenvalue weighted by atomic mass is 10.1. The molecule has 0 aliphatic carbocycles. The maximum absolute atomic E-state index is 11.2. The number of aryl methyl sites for hydroxylation is 1. The van der Waals surface area contributed by atoms with E-state index in [1.807, 2.05) is 6.92 Å². The van der Waals surface area contributed by atoms with Gasteiger partial charge in [0, 0.05) is 25.9 Å². The van der Waals surface area contributed by atoms with Crippen molar-refractivity contribution in [3.05, 3.63) is 41.5 Å². The fourth-order valence-electron chi connectivity index (χ4n) is 1.91. The smallest absolute Gasteiger partial charge is 0.238 e. The quantitative estimate of drug-likeness (QED) is 0.820. The SMILES string of the molecule is Cc1nc(CCNC(C)c2ccc(S(N)(=O)=O)cc2)no1. The van der Waals surface area contributed by atoms with E-state index in [0.717, 1.165) is 5.56 Å². The van der Waals surface area contributed by atoms with Gasteiger partial charge in [-0.25, -0.2) is 13.6 Å². The van der Waals surface area contributed by atoms with Gasteiger partial charge in [0.05, 0.1) is 4.90 Å². The molecule has 0 aliphatic heterocycles. The lowest BCUT2D eigenvalue weighted by Crippen LogP contribution is -2.22. The fourth-order valence-corrected chi connectivity index (χ4v) is 2.42. The molecule has 2 aromatic rings. The second-order valence-electron chi connectivity index (χ2n) is 4.77. The molecule has 0 aliphatic rings. The van der Waals surface area contributed by atoms with Gasteiger partial charge in [-0.1, -0.05) is 17.3 Å². The highest BCUT2D eigenvalue weighted by Gasteiger charge is 2.10. The summed E-state index contributed by atoms with van der Waals surface area (Å²) in [7, 11) is -3.64. The number of aromatic nitrogens is 2. The predicted octanol–water partition coefficient (Wildman–Crippen LogP) is 0.919. The van der Waals surface area contributed by atoms with Crippen LogP contribution in [0.3, 0.4) is 0 Å². The molecule has 0 saturated carbocycles. The Kier molecular flexibility index (Phi) is 4.71. The van der Waals surface area contributed by atoms with Crippen LogP contribution in [0.5, 0.6) is 0 Å². The van der Waals surface area contributed by atoms with Gasteiger partial charge in [0.15, 0.2) is 5.82 Å². The van der Waals surface area contributed by atoms with E-state index in [0.29, 0.717) is 24.7 Å².